The van der Waals surface area contributed by atoms with Crippen molar-refractivity contribution in [3.8, 4) is 5.75 Å². The Morgan fingerprint density at radius 2 is 2.11 bits per heavy atom. The second-order valence-corrected chi connectivity index (χ2v) is 6.61. The smallest absolute Gasteiger partial charge is 0.137 e. The first-order chi connectivity index (χ1) is 8.70. The Morgan fingerprint density at radius 3 is 2.72 bits per heavy atom. The highest BCUT2D eigenvalue weighted by atomic mass is 79.9. The maximum Gasteiger partial charge on any atom is 0.137 e. The molecule has 0 aromatic heterocycles. The second-order valence-electron chi connectivity index (χ2n) is 4.84. The van der Waals surface area contributed by atoms with Gasteiger partial charge in [-0.3, -0.25) is 0 Å². The third-order valence-corrected chi connectivity index (χ3v) is 4.61. The summed E-state index contributed by atoms with van der Waals surface area (Å²) in [5, 5.41) is 3.51. The SMILES string of the molecule is COc1c(Br)cc(Br)cc1CNCCC1CCC1. The lowest BCUT2D eigenvalue weighted by atomic mass is 9.83. The van der Waals surface area contributed by atoms with Gasteiger partial charge in [0.15, 0.2) is 0 Å². The van der Waals surface area contributed by atoms with Crippen molar-refractivity contribution in [3.05, 3.63) is 26.6 Å². The Labute approximate surface area is 126 Å². The van der Waals surface area contributed by atoms with Crippen LogP contribution in [0.1, 0.15) is 31.2 Å². The average molecular weight is 377 g/mol. The van der Waals surface area contributed by atoms with Gasteiger partial charge in [-0.2, -0.15) is 0 Å². The molecule has 0 aliphatic heterocycles. The van der Waals surface area contributed by atoms with Crippen molar-refractivity contribution >= 4 is 31.9 Å². The van der Waals surface area contributed by atoms with Gasteiger partial charge in [0, 0.05) is 16.6 Å². The van der Waals surface area contributed by atoms with Crippen LogP contribution >= 0.6 is 31.9 Å². The first-order valence-electron chi connectivity index (χ1n) is 6.43. The number of ether oxygens (including phenoxy) is 1. The number of benzene rings is 1. The third kappa shape index (κ3) is 3.72. The average Bonchev–Trinajstić information content (AvgIpc) is 2.25. The van der Waals surface area contributed by atoms with E-state index in [4.69, 9.17) is 4.74 Å². The summed E-state index contributed by atoms with van der Waals surface area (Å²) in [4.78, 5) is 0. The van der Waals surface area contributed by atoms with E-state index in [1.807, 2.05) is 6.07 Å². The van der Waals surface area contributed by atoms with E-state index >= 15 is 0 Å². The molecule has 1 N–H and O–H groups in total. The number of hydrogen-bond donors (Lipinski definition) is 1. The van der Waals surface area contributed by atoms with Crippen LogP contribution in [0.2, 0.25) is 0 Å². The summed E-state index contributed by atoms with van der Waals surface area (Å²) < 4.78 is 7.50. The zero-order valence-corrected chi connectivity index (χ0v) is 13.8. The number of methoxy groups -OCH3 is 1. The van der Waals surface area contributed by atoms with Gasteiger partial charge in [-0.1, -0.05) is 35.2 Å². The number of nitrogens with one attached hydrogen (secondary N) is 1. The molecular weight excluding hydrogens is 358 g/mol. The van der Waals surface area contributed by atoms with Gasteiger partial charge in [-0.15, -0.1) is 0 Å². The summed E-state index contributed by atoms with van der Waals surface area (Å²) in [6, 6.07) is 4.12. The van der Waals surface area contributed by atoms with Gasteiger partial charge in [0.2, 0.25) is 0 Å². The molecule has 0 radical (unpaired) electrons. The molecule has 1 aromatic carbocycles. The van der Waals surface area contributed by atoms with Crippen molar-refractivity contribution in [1.82, 2.24) is 5.32 Å². The van der Waals surface area contributed by atoms with Crippen LogP contribution in [-0.2, 0) is 6.54 Å². The highest BCUT2D eigenvalue weighted by Crippen LogP contribution is 2.33. The molecule has 0 atom stereocenters. The summed E-state index contributed by atoms with van der Waals surface area (Å²) in [5.41, 5.74) is 1.19. The topological polar surface area (TPSA) is 21.3 Å². The monoisotopic (exact) mass is 375 g/mol. The van der Waals surface area contributed by atoms with E-state index in [2.05, 4.69) is 43.2 Å². The van der Waals surface area contributed by atoms with E-state index in [1.165, 1.54) is 31.2 Å². The van der Waals surface area contributed by atoms with Crippen molar-refractivity contribution in [2.24, 2.45) is 5.92 Å². The molecule has 18 heavy (non-hydrogen) atoms. The molecule has 1 saturated carbocycles. The van der Waals surface area contributed by atoms with Crippen LogP contribution in [0, 0.1) is 5.92 Å². The highest BCUT2D eigenvalue weighted by molar-refractivity contribution is 9.11. The molecule has 4 heteroatoms. The lowest BCUT2D eigenvalue weighted by Crippen LogP contribution is -2.21. The molecule has 0 unspecified atom stereocenters. The Hall–Kier alpha value is -0.0600. The summed E-state index contributed by atoms with van der Waals surface area (Å²) in [5.74, 6) is 1.89. The Bertz CT molecular complexity index is 405. The first-order valence-corrected chi connectivity index (χ1v) is 8.02. The second kappa shape index (κ2) is 6.92. The normalized spacial score (nSPS) is 15.5. The zero-order valence-electron chi connectivity index (χ0n) is 10.6. The molecule has 0 heterocycles. The van der Waals surface area contributed by atoms with Crippen LogP contribution in [0.25, 0.3) is 0 Å². The Morgan fingerprint density at radius 1 is 1.33 bits per heavy atom. The minimum Gasteiger partial charge on any atom is -0.495 e. The standard InChI is InChI=1S/C14H19Br2NO/c1-18-14-11(7-12(15)8-13(14)16)9-17-6-5-10-3-2-4-10/h7-8,10,17H,2-6,9H2,1H3. The van der Waals surface area contributed by atoms with Gasteiger partial charge in [-0.05, 0) is 46.9 Å². The largest absolute Gasteiger partial charge is 0.495 e. The van der Waals surface area contributed by atoms with E-state index in [9.17, 15) is 0 Å². The molecule has 1 fully saturated rings. The molecule has 0 amide bonds. The van der Waals surface area contributed by atoms with Gasteiger partial charge in [0.1, 0.15) is 5.75 Å². The van der Waals surface area contributed by atoms with Crippen LogP contribution < -0.4 is 10.1 Å². The van der Waals surface area contributed by atoms with E-state index in [0.717, 1.165) is 33.7 Å². The van der Waals surface area contributed by atoms with Crippen molar-refractivity contribution in [1.29, 1.82) is 0 Å². The molecule has 0 spiro atoms. The number of halogens is 2. The zero-order chi connectivity index (χ0) is 13.0. The van der Waals surface area contributed by atoms with Crippen LogP contribution in [0.3, 0.4) is 0 Å². The molecule has 1 aromatic rings. The fourth-order valence-corrected chi connectivity index (χ4v) is 3.76. The highest BCUT2D eigenvalue weighted by Gasteiger charge is 2.16. The fraction of sp³-hybridized carbons (Fsp3) is 0.571. The van der Waals surface area contributed by atoms with Gasteiger partial charge < -0.3 is 10.1 Å². The molecular formula is C14H19Br2NO. The first kappa shape index (κ1) is 14.4. The van der Waals surface area contributed by atoms with E-state index in [-0.39, 0.29) is 0 Å². The lowest BCUT2D eigenvalue weighted by Gasteiger charge is -2.25. The summed E-state index contributed by atoms with van der Waals surface area (Å²) in [6.07, 6.45) is 5.58. The Kier molecular flexibility index (Phi) is 5.52. The van der Waals surface area contributed by atoms with E-state index in [1.54, 1.807) is 7.11 Å². The van der Waals surface area contributed by atoms with Crippen molar-refractivity contribution < 1.29 is 4.74 Å². The molecule has 1 aliphatic carbocycles. The van der Waals surface area contributed by atoms with Crippen molar-refractivity contribution in [2.75, 3.05) is 13.7 Å². The maximum atomic E-state index is 5.43. The molecule has 1 aliphatic rings. The molecule has 0 saturated heterocycles. The number of hydrogen-bond acceptors (Lipinski definition) is 2. The fourth-order valence-electron chi connectivity index (χ4n) is 2.28. The maximum absolute atomic E-state index is 5.43. The van der Waals surface area contributed by atoms with Gasteiger partial charge in [0.25, 0.3) is 0 Å². The predicted octanol–water partition coefficient (Wildman–Crippen LogP) is 4.50. The van der Waals surface area contributed by atoms with E-state index < -0.39 is 0 Å². The summed E-state index contributed by atoms with van der Waals surface area (Å²) >= 11 is 7.04. The van der Waals surface area contributed by atoms with E-state index in [0.29, 0.717) is 0 Å². The molecule has 100 valence electrons. The molecule has 2 nitrogen and oxygen atoms in total. The van der Waals surface area contributed by atoms with Crippen LogP contribution in [0.4, 0.5) is 0 Å². The molecule has 2 rings (SSSR count). The van der Waals surface area contributed by atoms with Crippen molar-refractivity contribution in [3.63, 3.8) is 0 Å². The summed E-state index contributed by atoms with van der Waals surface area (Å²) in [7, 11) is 1.71. The lowest BCUT2D eigenvalue weighted by molar-refractivity contribution is 0.291. The van der Waals surface area contributed by atoms with Crippen LogP contribution in [0.5, 0.6) is 5.75 Å². The minimum atomic E-state index is 0.855. The van der Waals surface area contributed by atoms with Gasteiger partial charge in [-0.25, -0.2) is 0 Å². The van der Waals surface area contributed by atoms with Crippen LogP contribution in [-0.4, -0.2) is 13.7 Å². The Balaban J connectivity index is 1.87. The van der Waals surface area contributed by atoms with Crippen molar-refractivity contribution in [2.45, 2.75) is 32.2 Å². The van der Waals surface area contributed by atoms with Gasteiger partial charge in [0.05, 0.1) is 11.6 Å². The minimum absolute atomic E-state index is 0.855. The van der Waals surface area contributed by atoms with Crippen LogP contribution in [0.15, 0.2) is 21.1 Å². The third-order valence-electron chi connectivity index (χ3n) is 3.56. The van der Waals surface area contributed by atoms with Gasteiger partial charge >= 0.3 is 0 Å². The molecule has 0 bridgehead atoms. The number of rotatable bonds is 6. The quantitative estimate of drug-likeness (QED) is 0.738. The predicted molar refractivity (Wildman–Crippen MR) is 82.1 cm³/mol. The summed E-state index contributed by atoms with van der Waals surface area (Å²) in [6.45, 7) is 1.95.